The van der Waals surface area contributed by atoms with Crippen molar-refractivity contribution in [1.29, 1.82) is 0 Å². The standard InChI is InChI=1S/C14H21N3O4S/c1-3-21-14(19)10-9(8-17-4-6-20-7-5-17)11(13(18)16-2)22-12(10)15/h3-8,15H2,1-2H3,(H,16,18)/p+1. The zero-order chi connectivity index (χ0) is 16.1. The van der Waals surface area contributed by atoms with Crippen LogP contribution in [-0.2, 0) is 16.0 Å². The molecule has 0 aliphatic carbocycles. The molecule has 0 unspecified atom stereocenters. The van der Waals surface area contributed by atoms with Crippen LogP contribution in [0, 0.1) is 0 Å². The molecular weight excluding hydrogens is 306 g/mol. The molecule has 7 nitrogen and oxygen atoms in total. The number of nitrogens with one attached hydrogen (secondary N) is 2. The average molecular weight is 328 g/mol. The lowest BCUT2D eigenvalue weighted by Gasteiger charge is -2.24. The molecule has 0 aromatic carbocycles. The zero-order valence-corrected chi connectivity index (χ0v) is 13.7. The van der Waals surface area contributed by atoms with Gasteiger partial charge in [0.2, 0.25) is 0 Å². The van der Waals surface area contributed by atoms with Crippen LogP contribution in [0.5, 0.6) is 0 Å². The third kappa shape index (κ3) is 3.57. The fourth-order valence-electron chi connectivity index (χ4n) is 2.46. The number of nitrogen functional groups attached to an aromatic ring is 1. The minimum absolute atomic E-state index is 0.227. The Morgan fingerprint density at radius 3 is 2.68 bits per heavy atom. The van der Waals surface area contributed by atoms with Gasteiger partial charge in [-0.25, -0.2) is 4.79 Å². The van der Waals surface area contributed by atoms with E-state index in [9.17, 15) is 9.59 Å². The van der Waals surface area contributed by atoms with Gasteiger partial charge in [0, 0.05) is 12.6 Å². The molecule has 8 heteroatoms. The predicted molar refractivity (Wildman–Crippen MR) is 83.3 cm³/mol. The summed E-state index contributed by atoms with van der Waals surface area (Å²) >= 11 is 1.14. The summed E-state index contributed by atoms with van der Waals surface area (Å²) in [6.07, 6.45) is 0. The molecule has 4 N–H and O–H groups in total. The van der Waals surface area contributed by atoms with Crippen molar-refractivity contribution in [2.24, 2.45) is 0 Å². The minimum Gasteiger partial charge on any atom is -0.462 e. The lowest BCUT2D eigenvalue weighted by atomic mass is 10.1. The number of carbonyl (C=O) groups is 2. The summed E-state index contributed by atoms with van der Waals surface area (Å²) in [6.45, 7) is 5.61. The molecule has 1 amide bonds. The summed E-state index contributed by atoms with van der Waals surface area (Å²) in [5.41, 5.74) is 6.99. The Balaban J connectivity index is 2.36. The first kappa shape index (κ1) is 16.7. The first-order valence-corrected chi connectivity index (χ1v) is 8.11. The number of hydrogen-bond donors (Lipinski definition) is 3. The quantitative estimate of drug-likeness (QED) is 0.620. The van der Waals surface area contributed by atoms with Crippen LogP contribution >= 0.6 is 11.3 Å². The van der Waals surface area contributed by atoms with Gasteiger partial charge in [-0.3, -0.25) is 4.79 Å². The Kier molecular flexibility index (Phi) is 5.76. The molecule has 0 radical (unpaired) electrons. The van der Waals surface area contributed by atoms with Crippen molar-refractivity contribution in [3.63, 3.8) is 0 Å². The molecule has 1 aliphatic heterocycles. The molecular formula is C14H22N3O4S+. The molecule has 0 spiro atoms. The van der Waals surface area contributed by atoms with Crippen LogP contribution < -0.4 is 16.0 Å². The number of amides is 1. The maximum Gasteiger partial charge on any atom is 0.341 e. The summed E-state index contributed by atoms with van der Waals surface area (Å²) in [5.74, 6) is -0.691. The molecule has 0 atom stereocenters. The number of esters is 1. The Morgan fingerprint density at radius 2 is 2.09 bits per heavy atom. The van der Waals surface area contributed by atoms with Gasteiger partial charge in [0.25, 0.3) is 5.91 Å². The number of rotatable bonds is 5. The number of thiophene rings is 1. The van der Waals surface area contributed by atoms with E-state index in [4.69, 9.17) is 15.2 Å². The molecule has 1 aromatic heterocycles. The highest BCUT2D eigenvalue weighted by molar-refractivity contribution is 7.18. The second kappa shape index (κ2) is 7.57. The SMILES string of the molecule is CCOC(=O)c1c(N)sc(C(=O)NC)c1C[NH+]1CCOCC1. The second-order valence-corrected chi connectivity index (χ2v) is 6.04. The van der Waals surface area contributed by atoms with E-state index in [1.807, 2.05) is 0 Å². The second-order valence-electron chi connectivity index (χ2n) is 4.99. The van der Waals surface area contributed by atoms with Gasteiger partial charge in [-0.05, 0) is 6.92 Å². The van der Waals surface area contributed by atoms with Crippen molar-refractivity contribution >= 4 is 28.2 Å². The number of ether oxygens (including phenoxy) is 2. The molecule has 22 heavy (non-hydrogen) atoms. The van der Waals surface area contributed by atoms with Gasteiger partial charge < -0.3 is 25.4 Å². The van der Waals surface area contributed by atoms with Crippen molar-refractivity contribution in [2.75, 3.05) is 45.7 Å². The fourth-order valence-corrected chi connectivity index (χ4v) is 3.49. The molecule has 0 bridgehead atoms. The van der Waals surface area contributed by atoms with E-state index in [-0.39, 0.29) is 12.5 Å². The van der Waals surface area contributed by atoms with Gasteiger partial charge in [0.05, 0.1) is 19.8 Å². The minimum atomic E-state index is -0.464. The van der Waals surface area contributed by atoms with E-state index < -0.39 is 5.97 Å². The lowest BCUT2D eigenvalue weighted by Crippen LogP contribution is -3.12. The zero-order valence-electron chi connectivity index (χ0n) is 12.9. The van der Waals surface area contributed by atoms with E-state index in [1.165, 1.54) is 4.90 Å². The molecule has 0 saturated carbocycles. The van der Waals surface area contributed by atoms with Gasteiger partial charge in [-0.2, -0.15) is 0 Å². The number of morpholine rings is 1. The molecule has 2 rings (SSSR count). The molecule has 122 valence electrons. The van der Waals surface area contributed by atoms with Gasteiger partial charge >= 0.3 is 5.97 Å². The van der Waals surface area contributed by atoms with Crippen LogP contribution in [-0.4, -0.2) is 51.8 Å². The van der Waals surface area contributed by atoms with Crippen LogP contribution in [0.1, 0.15) is 32.5 Å². The van der Waals surface area contributed by atoms with Crippen molar-refractivity contribution in [1.82, 2.24) is 5.32 Å². The predicted octanol–water partition coefficient (Wildman–Crippen LogP) is -0.718. The summed E-state index contributed by atoms with van der Waals surface area (Å²) in [6, 6.07) is 0. The first-order chi connectivity index (χ1) is 10.6. The van der Waals surface area contributed by atoms with Crippen LogP contribution in [0.4, 0.5) is 5.00 Å². The van der Waals surface area contributed by atoms with Gasteiger partial charge in [0.1, 0.15) is 35.1 Å². The maximum absolute atomic E-state index is 12.2. The summed E-state index contributed by atoms with van der Waals surface area (Å²) < 4.78 is 10.4. The normalized spacial score (nSPS) is 15.5. The lowest BCUT2D eigenvalue weighted by molar-refractivity contribution is -0.921. The van der Waals surface area contributed by atoms with Gasteiger partial charge in [-0.15, -0.1) is 11.3 Å². The van der Waals surface area contributed by atoms with Crippen molar-refractivity contribution in [2.45, 2.75) is 13.5 Å². The molecule has 1 aliphatic rings. The van der Waals surface area contributed by atoms with E-state index in [2.05, 4.69) is 5.32 Å². The maximum atomic E-state index is 12.2. The number of nitrogens with two attached hydrogens (primary N) is 1. The first-order valence-electron chi connectivity index (χ1n) is 7.30. The molecule has 2 heterocycles. The Labute approximate surface area is 133 Å². The summed E-state index contributed by atoms with van der Waals surface area (Å²) in [4.78, 5) is 26.0. The highest BCUT2D eigenvalue weighted by Gasteiger charge is 2.29. The third-order valence-corrected chi connectivity index (χ3v) is 4.63. The van der Waals surface area contributed by atoms with Crippen LogP contribution in [0.2, 0.25) is 0 Å². The fraction of sp³-hybridized carbons (Fsp3) is 0.571. The van der Waals surface area contributed by atoms with Crippen molar-refractivity contribution in [3.8, 4) is 0 Å². The molecule has 1 saturated heterocycles. The molecule has 1 fully saturated rings. The van der Waals surface area contributed by atoms with Gasteiger partial charge in [0.15, 0.2) is 0 Å². The Morgan fingerprint density at radius 1 is 1.41 bits per heavy atom. The number of carbonyl (C=O) groups excluding carboxylic acids is 2. The van der Waals surface area contributed by atoms with E-state index in [1.54, 1.807) is 14.0 Å². The summed E-state index contributed by atoms with van der Waals surface area (Å²) in [5, 5.41) is 2.93. The van der Waals surface area contributed by atoms with Crippen molar-refractivity contribution in [3.05, 3.63) is 16.0 Å². The number of hydrogen-bond acceptors (Lipinski definition) is 6. The smallest absolute Gasteiger partial charge is 0.341 e. The monoisotopic (exact) mass is 328 g/mol. The Bertz CT molecular complexity index is 553. The summed E-state index contributed by atoms with van der Waals surface area (Å²) in [7, 11) is 1.56. The highest BCUT2D eigenvalue weighted by atomic mass is 32.1. The number of anilines is 1. The van der Waals surface area contributed by atoms with Crippen LogP contribution in [0.25, 0.3) is 0 Å². The van der Waals surface area contributed by atoms with Crippen molar-refractivity contribution < 1.29 is 24.0 Å². The van der Waals surface area contributed by atoms with E-state index >= 15 is 0 Å². The third-order valence-electron chi connectivity index (χ3n) is 3.57. The highest BCUT2D eigenvalue weighted by Crippen LogP contribution is 2.31. The van der Waals surface area contributed by atoms with E-state index in [0.29, 0.717) is 40.8 Å². The van der Waals surface area contributed by atoms with Crippen LogP contribution in [0.15, 0.2) is 0 Å². The topological polar surface area (TPSA) is 95.1 Å². The Hall–Kier alpha value is -1.64. The average Bonchev–Trinajstić information content (AvgIpc) is 2.84. The molecule has 1 aromatic rings. The number of quaternary nitrogens is 1. The van der Waals surface area contributed by atoms with Gasteiger partial charge in [-0.1, -0.05) is 0 Å². The largest absolute Gasteiger partial charge is 0.462 e. The van der Waals surface area contributed by atoms with Crippen LogP contribution in [0.3, 0.4) is 0 Å². The van der Waals surface area contributed by atoms with E-state index in [0.717, 1.165) is 24.4 Å².